The molecule has 1 rings (SSSR count). The van der Waals surface area contributed by atoms with Crippen molar-refractivity contribution < 1.29 is 22.7 Å². The third-order valence-electron chi connectivity index (χ3n) is 2.46. The number of hydrogen-bond acceptors (Lipinski definition) is 3. The number of carbonyl (C=O) groups excluding carboxylic acids is 1. The van der Waals surface area contributed by atoms with Gasteiger partial charge in [0.2, 0.25) is 5.91 Å². The number of ether oxygens (including phenoxy) is 1. The Bertz CT molecular complexity index is 309. The Labute approximate surface area is 102 Å². The molecule has 98 valence electrons. The van der Waals surface area contributed by atoms with Gasteiger partial charge in [0.15, 0.2) is 0 Å². The molecule has 1 saturated heterocycles. The van der Waals surface area contributed by atoms with Crippen LogP contribution in [0.3, 0.4) is 0 Å². The van der Waals surface area contributed by atoms with Gasteiger partial charge in [0.05, 0.1) is 24.6 Å². The van der Waals surface area contributed by atoms with Crippen LogP contribution in [0, 0.1) is 5.92 Å². The zero-order chi connectivity index (χ0) is 13.1. The van der Waals surface area contributed by atoms with Crippen molar-refractivity contribution >= 4 is 23.1 Å². The number of halogens is 3. The summed E-state index contributed by atoms with van der Waals surface area (Å²) in [4.78, 5) is 12.0. The van der Waals surface area contributed by atoms with Crippen molar-refractivity contribution in [2.24, 2.45) is 11.7 Å². The van der Waals surface area contributed by atoms with Gasteiger partial charge < -0.3 is 15.4 Å². The van der Waals surface area contributed by atoms with Gasteiger partial charge in [-0.3, -0.25) is 4.79 Å². The standard InChI is InChI=1S/C9H13F3N2O2S/c10-9(11,12)6(8(13)17)5-14-2-4-16-3-1-7(14)15/h6H,1-5H2,(H2,13,17). The molecule has 8 heteroatoms. The van der Waals surface area contributed by atoms with E-state index in [1.54, 1.807) is 0 Å². The van der Waals surface area contributed by atoms with E-state index in [0.717, 1.165) is 4.90 Å². The van der Waals surface area contributed by atoms with Crippen LogP contribution in [-0.2, 0) is 9.53 Å². The Morgan fingerprint density at radius 3 is 2.71 bits per heavy atom. The van der Waals surface area contributed by atoms with E-state index in [1.165, 1.54) is 0 Å². The number of nitrogens with two attached hydrogens (primary N) is 1. The lowest BCUT2D eigenvalue weighted by molar-refractivity contribution is -0.162. The van der Waals surface area contributed by atoms with E-state index in [-0.39, 0.29) is 32.1 Å². The molecule has 0 bridgehead atoms. The average molecular weight is 270 g/mol. The van der Waals surface area contributed by atoms with Crippen LogP contribution < -0.4 is 5.73 Å². The van der Waals surface area contributed by atoms with Crippen LogP contribution in [0.5, 0.6) is 0 Å². The summed E-state index contributed by atoms with van der Waals surface area (Å²) in [7, 11) is 0. The first-order chi connectivity index (χ1) is 7.82. The minimum Gasteiger partial charge on any atom is -0.393 e. The smallest absolute Gasteiger partial charge is 0.393 e. The van der Waals surface area contributed by atoms with Gasteiger partial charge >= 0.3 is 6.18 Å². The number of hydrogen-bond donors (Lipinski definition) is 1. The predicted molar refractivity (Wildman–Crippen MR) is 58.3 cm³/mol. The molecule has 1 amide bonds. The lowest BCUT2D eigenvalue weighted by Crippen LogP contribution is -2.45. The van der Waals surface area contributed by atoms with Gasteiger partial charge in [-0.25, -0.2) is 0 Å². The second-order valence-corrected chi connectivity index (χ2v) is 4.17. The minimum absolute atomic E-state index is 0.0852. The van der Waals surface area contributed by atoms with Crippen molar-refractivity contribution in [2.75, 3.05) is 26.3 Å². The van der Waals surface area contributed by atoms with Crippen molar-refractivity contribution in [1.29, 1.82) is 0 Å². The van der Waals surface area contributed by atoms with E-state index in [4.69, 9.17) is 10.5 Å². The van der Waals surface area contributed by atoms with Crippen molar-refractivity contribution in [3.63, 3.8) is 0 Å². The van der Waals surface area contributed by atoms with Crippen molar-refractivity contribution in [2.45, 2.75) is 12.6 Å². The Balaban J connectivity index is 2.72. The molecule has 1 unspecified atom stereocenters. The highest BCUT2D eigenvalue weighted by molar-refractivity contribution is 7.80. The normalized spacial score (nSPS) is 19.9. The van der Waals surface area contributed by atoms with Gasteiger partial charge in [0.25, 0.3) is 0 Å². The van der Waals surface area contributed by atoms with Crippen molar-refractivity contribution in [3.05, 3.63) is 0 Å². The minimum atomic E-state index is -4.53. The quantitative estimate of drug-likeness (QED) is 0.767. The predicted octanol–water partition coefficient (Wildman–Crippen LogP) is 0.700. The van der Waals surface area contributed by atoms with Crippen LogP contribution in [0.25, 0.3) is 0 Å². The summed E-state index contributed by atoms with van der Waals surface area (Å²) in [5.41, 5.74) is 5.07. The van der Waals surface area contributed by atoms with Gasteiger partial charge in [-0.2, -0.15) is 13.2 Å². The molecular formula is C9H13F3N2O2S. The molecule has 1 aliphatic rings. The van der Waals surface area contributed by atoms with Gasteiger partial charge in [0, 0.05) is 13.1 Å². The van der Waals surface area contributed by atoms with Crippen LogP contribution in [0.2, 0.25) is 0 Å². The Morgan fingerprint density at radius 2 is 2.18 bits per heavy atom. The van der Waals surface area contributed by atoms with E-state index in [0.29, 0.717) is 0 Å². The van der Waals surface area contributed by atoms with Crippen LogP contribution in [0.4, 0.5) is 13.2 Å². The van der Waals surface area contributed by atoms with Gasteiger partial charge in [-0.15, -0.1) is 0 Å². The van der Waals surface area contributed by atoms with E-state index in [9.17, 15) is 18.0 Å². The highest BCUT2D eigenvalue weighted by atomic mass is 32.1. The summed E-state index contributed by atoms with van der Waals surface area (Å²) >= 11 is 4.39. The number of nitrogens with zero attached hydrogens (tertiary/aromatic N) is 1. The summed E-state index contributed by atoms with van der Waals surface area (Å²) < 4.78 is 42.9. The van der Waals surface area contributed by atoms with Crippen LogP contribution in [0.15, 0.2) is 0 Å². The summed E-state index contributed by atoms with van der Waals surface area (Å²) in [5.74, 6) is -2.33. The second kappa shape index (κ2) is 5.63. The summed E-state index contributed by atoms with van der Waals surface area (Å²) in [5, 5.41) is 0. The van der Waals surface area contributed by atoms with Gasteiger partial charge in [-0.05, 0) is 0 Å². The lowest BCUT2D eigenvalue weighted by atomic mass is 10.1. The molecule has 0 saturated carbocycles. The molecule has 17 heavy (non-hydrogen) atoms. The van der Waals surface area contributed by atoms with Crippen molar-refractivity contribution in [1.82, 2.24) is 4.90 Å². The first-order valence-corrected chi connectivity index (χ1v) is 5.44. The first kappa shape index (κ1) is 14.2. The van der Waals surface area contributed by atoms with E-state index >= 15 is 0 Å². The molecule has 0 aromatic rings. The van der Waals surface area contributed by atoms with Gasteiger partial charge in [0.1, 0.15) is 5.92 Å². The molecule has 1 atom stereocenters. The molecule has 1 fully saturated rings. The molecule has 0 radical (unpaired) electrons. The molecular weight excluding hydrogens is 257 g/mol. The van der Waals surface area contributed by atoms with E-state index < -0.39 is 23.6 Å². The van der Waals surface area contributed by atoms with E-state index in [1.807, 2.05) is 0 Å². The fourth-order valence-corrected chi connectivity index (χ4v) is 1.70. The van der Waals surface area contributed by atoms with Crippen LogP contribution in [-0.4, -0.2) is 48.3 Å². The van der Waals surface area contributed by atoms with Crippen LogP contribution in [0.1, 0.15) is 6.42 Å². The maximum absolute atomic E-state index is 12.6. The number of thiocarbonyl (C=S) groups is 1. The molecule has 0 spiro atoms. The zero-order valence-electron chi connectivity index (χ0n) is 9.00. The largest absolute Gasteiger partial charge is 0.399 e. The number of rotatable bonds is 3. The SMILES string of the molecule is NC(=S)C(CN1CCOCCC1=O)C(F)(F)F. The number of alkyl halides is 3. The number of amides is 1. The summed E-state index contributed by atoms with van der Waals surface area (Å²) in [6.45, 7) is 0.0712. The van der Waals surface area contributed by atoms with Crippen LogP contribution >= 0.6 is 12.2 Å². The average Bonchev–Trinajstić information content (AvgIpc) is 2.37. The van der Waals surface area contributed by atoms with Crippen molar-refractivity contribution in [3.8, 4) is 0 Å². The molecule has 0 aromatic carbocycles. The molecule has 0 aliphatic carbocycles. The fourth-order valence-electron chi connectivity index (χ4n) is 1.49. The Kier molecular flexibility index (Phi) is 4.70. The topological polar surface area (TPSA) is 55.6 Å². The Hall–Kier alpha value is -0.890. The van der Waals surface area contributed by atoms with E-state index in [2.05, 4.69) is 12.2 Å². The maximum Gasteiger partial charge on any atom is 0.399 e. The molecule has 1 aliphatic heterocycles. The Morgan fingerprint density at radius 1 is 1.53 bits per heavy atom. The fraction of sp³-hybridized carbons (Fsp3) is 0.778. The molecule has 2 N–H and O–H groups in total. The molecule has 0 aromatic heterocycles. The third-order valence-corrected chi connectivity index (χ3v) is 2.74. The number of carbonyl (C=O) groups is 1. The second-order valence-electron chi connectivity index (χ2n) is 3.70. The zero-order valence-corrected chi connectivity index (χ0v) is 9.81. The summed E-state index contributed by atoms with van der Waals surface area (Å²) in [6, 6.07) is 0. The lowest BCUT2D eigenvalue weighted by Gasteiger charge is -2.26. The molecule has 1 heterocycles. The third kappa shape index (κ3) is 4.12. The van der Waals surface area contributed by atoms with Gasteiger partial charge in [-0.1, -0.05) is 12.2 Å². The first-order valence-electron chi connectivity index (χ1n) is 5.04. The monoisotopic (exact) mass is 270 g/mol. The molecule has 4 nitrogen and oxygen atoms in total. The summed E-state index contributed by atoms with van der Waals surface area (Å²) in [6.07, 6.45) is -4.44. The maximum atomic E-state index is 12.6. The highest BCUT2D eigenvalue weighted by Gasteiger charge is 2.43. The highest BCUT2D eigenvalue weighted by Crippen LogP contribution is 2.27.